The van der Waals surface area contributed by atoms with E-state index in [0.717, 1.165) is 110 Å². The number of nitrogens with one attached hydrogen (secondary N) is 1. The van der Waals surface area contributed by atoms with Gasteiger partial charge in [0, 0.05) is 30.6 Å². The Kier molecular flexibility index (Phi) is 8.28. The number of nitrogens with zero attached hydrogens (tertiary/aromatic N) is 6. The molecule has 4 fully saturated rings. The van der Waals surface area contributed by atoms with Crippen molar-refractivity contribution in [3.63, 3.8) is 0 Å². The Morgan fingerprint density at radius 2 is 1.87 bits per heavy atom. The van der Waals surface area contributed by atoms with Gasteiger partial charge in [0.25, 0.3) is 0 Å². The molecule has 8 rings (SSSR count). The lowest BCUT2D eigenvalue weighted by Gasteiger charge is -2.50. The van der Waals surface area contributed by atoms with E-state index in [4.69, 9.17) is 34.2 Å². The van der Waals surface area contributed by atoms with Crippen molar-refractivity contribution in [1.82, 2.24) is 35.1 Å². The molecule has 11 nitrogen and oxygen atoms in total. The summed E-state index contributed by atoms with van der Waals surface area (Å²) in [4.78, 5) is 12.9. The molecule has 0 unspecified atom stereocenters. The van der Waals surface area contributed by atoms with Crippen molar-refractivity contribution in [2.24, 2.45) is 0 Å². The Morgan fingerprint density at radius 1 is 1.06 bits per heavy atom. The van der Waals surface area contributed by atoms with Gasteiger partial charge >= 0.3 is 0 Å². The van der Waals surface area contributed by atoms with Crippen LogP contribution in [0.5, 0.6) is 0 Å². The molecule has 3 aromatic rings. The van der Waals surface area contributed by atoms with Gasteiger partial charge in [0.1, 0.15) is 5.03 Å². The van der Waals surface area contributed by atoms with Gasteiger partial charge in [-0.05, 0) is 97.6 Å². The SMILES string of the molecule is CSc1nc(-c2noc3c2CCC[C@@]32CCCCC23OCCO3)nc2c1c(C=C[C@H]1CC[C@@](C)(O)CN1)nn2[C@@H](C)[C@@H]1CCCN1C. The maximum absolute atomic E-state index is 10.4. The van der Waals surface area contributed by atoms with E-state index in [0.29, 0.717) is 31.6 Å². The van der Waals surface area contributed by atoms with Gasteiger partial charge in [0.05, 0.1) is 41.4 Å². The fourth-order valence-electron chi connectivity index (χ4n) is 9.24. The first-order chi connectivity index (χ1) is 22.7. The molecule has 0 radical (unpaired) electrons. The van der Waals surface area contributed by atoms with Gasteiger partial charge in [0.15, 0.2) is 28.7 Å². The smallest absolute Gasteiger partial charge is 0.185 e. The second kappa shape index (κ2) is 12.2. The van der Waals surface area contributed by atoms with E-state index in [1.54, 1.807) is 11.8 Å². The van der Waals surface area contributed by atoms with E-state index < -0.39 is 11.4 Å². The molecule has 5 atom stereocenters. The fraction of sp³-hybridized carbons (Fsp3) is 0.714. The van der Waals surface area contributed by atoms with Gasteiger partial charge in [-0.15, -0.1) is 11.8 Å². The van der Waals surface area contributed by atoms with Crippen LogP contribution in [0.15, 0.2) is 15.6 Å². The average molecular weight is 664 g/mol. The lowest BCUT2D eigenvalue weighted by molar-refractivity contribution is -0.235. The third kappa shape index (κ3) is 5.29. The summed E-state index contributed by atoms with van der Waals surface area (Å²) in [6.45, 7) is 7.09. The van der Waals surface area contributed by atoms with Crippen LogP contribution >= 0.6 is 11.8 Å². The number of fused-ring (bicyclic) bond motifs is 4. The van der Waals surface area contributed by atoms with E-state index in [-0.39, 0.29) is 17.5 Å². The van der Waals surface area contributed by atoms with Gasteiger partial charge in [-0.2, -0.15) is 5.10 Å². The van der Waals surface area contributed by atoms with E-state index >= 15 is 0 Å². The van der Waals surface area contributed by atoms with Crippen molar-refractivity contribution in [1.29, 1.82) is 0 Å². The Bertz CT molecular complexity index is 1650. The Labute approximate surface area is 281 Å². The average Bonchev–Trinajstić information content (AvgIpc) is 3.88. The summed E-state index contributed by atoms with van der Waals surface area (Å²) in [5.41, 5.74) is 2.58. The summed E-state index contributed by atoms with van der Waals surface area (Å²) < 4.78 is 21.4. The topological polar surface area (TPSA) is 124 Å². The van der Waals surface area contributed by atoms with Crippen LogP contribution in [-0.4, -0.2) is 98.0 Å². The Balaban J connectivity index is 1.23. The summed E-state index contributed by atoms with van der Waals surface area (Å²) in [7, 11) is 2.21. The van der Waals surface area contributed by atoms with E-state index in [2.05, 4.69) is 47.3 Å². The molecule has 12 heteroatoms. The van der Waals surface area contributed by atoms with Crippen LogP contribution < -0.4 is 5.32 Å². The van der Waals surface area contributed by atoms with Crippen LogP contribution in [0.1, 0.15) is 101 Å². The van der Waals surface area contributed by atoms with Crippen LogP contribution in [0.4, 0.5) is 0 Å². The molecule has 47 heavy (non-hydrogen) atoms. The van der Waals surface area contributed by atoms with Gasteiger partial charge in [-0.3, -0.25) is 0 Å². The van der Waals surface area contributed by atoms with Crippen molar-refractivity contribution < 1.29 is 19.1 Å². The third-order valence-electron chi connectivity index (χ3n) is 11.8. The molecular formula is C35H49N7O4S. The second-order valence-electron chi connectivity index (χ2n) is 14.8. The molecule has 5 aliphatic rings. The monoisotopic (exact) mass is 663 g/mol. The van der Waals surface area contributed by atoms with Crippen molar-refractivity contribution in [3.05, 3.63) is 23.1 Å². The number of rotatable bonds is 6. The zero-order chi connectivity index (χ0) is 32.4. The summed E-state index contributed by atoms with van der Waals surface area (Å²) in [6.07, 6.45) is 17.3. The largest absolute Gasteiger partial charge is 0.389 e. The number of ether oxygens (including phenoxy) is 2. The predicted octanol–water partition coefficient (Wildman–Crippen LogP) is 5.27. The zero-order valence-corrected chi connectivity index (χ0v) is 29.1. The molecule has 2 aliphatic carbocycles. The molecule has 2 spiro atoms. The highest BCUT2D eigenvalue weighted by molar-refractivity contribution is 7.98. The molecule has 0 aromatic carbocycles. The van der Waals surface area contributed by atoms with Crippen LogP contribution in [0, 0.1) is 0 Å². The molecule has 6 heterocycles. The van der Waals surface area contributed by atoms with Crippen molar-refractivity contribution in [2.75, 3.05) is 39.6 Å². The first-order valence-electron chi connectivity index (χ1n) is 17.7. The highest BCUT2D eigenvalue weighted by Crippen LogP contribution is 2.57. The Hall–Kier alpha value is -2.35. The zero-order valence-electron chi connectivity index (χ0n) is 28.3. The lowest BCUT2D eigenvalue weighted by Crippen LogP contribution is -2.56. The minimum absolute atomic E-state index is 0.126. The normalized spacial score (nSPS) is 31.9. The molecule has 2 N–H and O–H groups in total. The fourth-order valence-corrected chi connectivity index (χ4v) is 9.82. The standard InChI is InChI=1S/C35H49N7O4S/c1-22(26-10-8-18-41(26)3)42-31-27(25(39-42)12-11-23-13-17-33(2,43)21-36-23)32(47-4)38-30(37-31)28-24-9-7-15-34(29(24)46-40-28)14-5-6-16-35(34)44-19-20-45-35/h11-12,22-23,26,36,43H,5-10,13-21H2,1-4H3/t22-,23-,26-,33+,34-/m0/s1. The first-order valence-corrected chi connectivity index (χ1v) is 18.9. The predicted molar refractivity (Wildman–Crippen MR) is 181 cm³/mol. The first kappa shape index (κ1) is 31.9. The van der Waals surface area contributed by atoms with Crippen molar-refractivity contribution in [2.45, 2.75) is 124 Å². The molecule has 3 aromatic heterocycles. The number of likely N-dealkylation sites (tertiary alicyclic amines) is 1. The van der Waals surface area contributed by atoms with Crippen LogP contribution in [0.3, 0.4) is 0 Å². The number of aliphatic hydroxyl groups is 1. The number of piperidine rings is 1. The molecule has 0 amide bonds. The van der Waals surface area contributed by atoms with Gasteiger partial charge < -0.3 is 29.3 Å². The molecule has 254 valence electrons. The highest BCUT2D eigenvalue weighted by atomic mass is 32.2. The lowest BCUT2D eigenvalue weighted by atomic mass is 9.61. The van der Waals surface area contributed by atoms with Gasteiger partial charge in [-0.1, -0.05) is 17.7 Å². The molecule has 3 aliphatic heterocycles. The quantitative estimate of drug-likeness (QED) is 0.265. The number of likely N-dealkylation sites (N-methyl/N-ethyl adjacent to an activating group) is 1. The van der Waals surface area contributed by atoms with Crippen LogP contribution in [0.2, 0.25) is 0 Å². The van der Waals surface area contributed by atoms with Gasteiger partial charge in [-0.25, -0.2) is 14.6 Å². The van der Waals surface area contributed by atoms with E-state index in [9.17, 15) is 5.11 Å². The van der Waals surface area contributed by atoms with Crippen LogP contribution in [0.25, 0.3) is 28.6 Å². The molecular weight excluding hydrogens is 614 g/mol. The van der Waals surface area contributed by atoms with E-state index in [1.165, 1.54) is 6.42 Å². The number of β-amino-alcohol motifs (C(OH)–C–C–N with tert-alkyl or cyclic N) is 1. The van der Waals surface area contributed by atoms with Crippen molar-refractivity contribution in [3.8, 4) is 11.5 Å². The number of hydrogen-bond donors (Lipinski definition) is 2. The molecule has 0 bridgehead atoms. The summed E-state index contributed by atoms with van der Waals surface area (Å²) in [6, 6.07) is 0.680. The second-order valence-corrected chi connectivity index (χ2v) is 15.6. The number of hydrogen-bond acceptors (Lipinski definition) is 11. The molecule has 1 saturated carbocycles. The Morgan fingerprint density at radius 3 is 2.62 bits per heavy atom. The maximum atomic E-state index is 10.4. The summed E-state index contributed by atoms with van der Waals surface area (Å²) in [5.74, 6) is 0.895. The van der Waals surface area contributed by atoms with Gasteiger partial charge in [0.2, 0.25) is 0 Å². The van der Waals surface area contributed by atoms with E-state index in [1.807, 2.05) is 6.92 Å². The summed E-state index contributed by atoms with van der Waals surface area (Å²) >= 11 is 1.62. The van der Waals surface area contributed by atoms with Crippen molar-refractivity contribution >= 4 is 28.9 Å². The third-order valence-corrected chi connectivity index (χ3v) is 12.5. The molecule has 3 saturated heterocycles. The summed E-state index contributed by atoms with van der Waals surface area (Å²) in [5, 5.41) is 25.8. The highest BCUT2D eigenvalue weighted by Gasteiger charge is 2.61. The van der Waals surface area contributed by atoms with Crippen LogP contribution in [-0.2, 0) is 21.3 Å². The maximum Gasteiger partial charge on any atom is 0.185 e. The minimum atomic E-state index is -0.660. The number of thioether (sulfide) groups is 1. The minimum Gasteiger partial charge on any atom is -0.389 e. The number of aromatic nitrogens is 5.